The van der Waals surface area contributed by atoms with Crippen molar-refractivity contribution in [1.82, 2.24) is 9.97 Å². The number of aromatic amines is 1. The summed E-state index contributed by atoms with van der Waals surface area (Å²) in [6.07, 6.45) is 3.82. The second-order valence-electron chi connectivity index (χ2n) is 5.89. The van der Waals surface area contributed by atoms with Gasteiger partial charge < -0.3 is 9.72 Å². The molecule has 1 aromatic carbocycles. The average Bonchev–Trinajstić information content (AvgIpc) is 2.54. The summed E-state index contributed by atoms with van der Waals surface area (Å²) in [5.74, 6) is 1.18. The molecule has 1 aliphatic carbocycles. The minimum Gasteiger partial charge on any atom is -0.376 e. The van der Waals surface area contributed by atoms with Crippen LogP contribution < -0.4 is 5.56 Å². The van der Waals surface area contributed by atoms with Gasteiger partial charge in [0.15, 0.2) is 0 Å². The number of hydrogen-bond acceptors (Lipinski definition) is 3. The number of rotatable bonds is 1. The zero-order valence-electron chi connectivity index (χ0n) is 11.9. The van der Waals surface area contributed by atoms with Crippen molar-refractivity contribution in [3.63, 3.8) is 0 Å². The highest BCUT2D eigenvalue weighted by atomic mass is 16.5. The molecule has 0 saturated carbocycles. The lowest BCUT2D eigenvalue weighted by Crippen LogP contribution is -2.27. The van der Waals surface area contributed by atoms with E-state index in [1.54, 1.807) is 0 Å². The Kier molecular flexibility index (Phi) is 3.11. The molecular weight excluding hydrogens is 264 g/mol. The predicted molar refractivity (Wildman–Crippen MR) is 79.4 cm³/mol. The normalized spacial score (nSPS) is 20.7. The Bertz CT molecular complexity index is 736. The molecule has 0 saturated heterocycles. The third-order valence-electron chi connectivity index (χ3n) is 4.58. The summed E-state index contributed by atoms with van der Waals surface area (Å²) < 4.78 is 5.35. The van der Waals surface area contributed by atoms with Gasteiger partial charge in [-0.25, -0.2) is 4.98 Å². The molecule has 2 heterocycles. The lowest BCUT2D eigenvalue weighted by Gasteiger charge is -2.25. The molecule has 1 N–H and O–H groups in total. The van der Waals surface area contributed by atoms with Gasteiger partial charge in [-0.1, -0.05) is 24.3 Å². The second kappa shape index (κ2) is 5.11. The fraction of sp³-hybridized carbons (Fsp3) is 0.412. The van der Waals surface area contributed by atoms with Gasteiger partial charge >= 0.3 is 0 Å². The van der Waals surface area contributed by atoms with E-state index in [0.717, 1.165) is 37.2 Å². The standard InChI is InChI=1S/C17H18N2O2/c20-17-14-10-21-8-7-15(14)18-16(19-17)13-6-5-11-3-1-2-4-12(11)9-13/h1-4,13H,5-10H2,(H,18,19,20). The molecule has 1 unspecified atom stereocenters. The fourth-order valence-electron chi connectivity index (χ4n) is 3.39. The van der Waals surface area contributed by atoms with Crippen molar-refractivity contribution in [3.8, 4) is 0 Å². The molecular formula is C17H18N2O2. The monoisotopic (exact) mass is 282 g/mol. The molecule has 1 aliphatic heterocycles. The zero-order valence-corrected chi connectivity index (χ0v) is 11.9. The molecule has 0 amide bonds. The Balaban J connectivity index is 1.69. The van der Waals surface area contributed by atoms with E-state index < -0.39 is 0 Å². The van der Waals surface area contributed by atoms with E-state index >= 15 is 0 Å². The Morgan fingerprint density at radius 3 is 2.95 bits per heavy atom. The maximum absolute atomic E-state index is 12.2. The van der Waals surface area contributed by atoms with E-state index in [-0.39, 0.29) is 5.56 Å². The minimum atomic E-state index is -0.0199. The third-order valence-corrected chi connectivity index (χ3v) is 4.58. The summed E-state index contributed by atoms with van der Waals surface area (Å²) in [5.41, 5.74) is 4.44. The van der Waals surface area contributed by atoms with Crippen LogP contribution in [0.1, 0.15) is 40.5 Å². The van der Waals surface area contributed by atoms with Crippen LogP contribution in [0.25, 0.3) is 0 Å². The highest BCUT2D eigenvalue weighted by Gasteiger charge is 2.24. The van der Waals surface area contributed by atoms with Crippen molar-refractivity contribution in [3.05, 3.63) is 62.8 Å². The molecule has 4 rings (SSSR count). The van der Waals surface area contributed by atoms with Gasteiger partial charge in [-0.2, -0.15) is 0 Å². The van der Waals surface area contributed by atoms with Crippen molar-refractivity contribution in [2.45, 2.75) is 38.2 Å². The summed E-state index contributed by atoms with van der Waals surface area (Å²) in [7, 11) is 0. The highest BCUT2D eigenvalue weighted by molar-refractivity contribution is 5.32. The Morgan fingerprint density at radius 2 is 2.05 bits per heavy atom. The molecule has 0 fully saturated rings. The number of nitrogens with zero attached hydrogens (tertiary/aromatic N) is 1. The van der Waals surface area contributed by atoms with Gasteiger partial charge in [0.05, 0.1) is 24.5 Å². The van der Waals surface area contributed by atoms with Crippen LogP contribution >= 0.6 is 0 Å². The molecule has 21 heavy (non-hydrogen) atoms. The van der Waals surface area contributed by atoms with E-state index in [1.807, 2.05) is 0 Å². The first kappa shape index (κ1) is 12.8. The molecule has 4 heteroatoms. The second-order valence-corrected chi connectivity index (χ2v) is 5.89. The number of fused-ring (bicyclic) bond motifs is 2. The molecule has 2 aliphatic rings. The summed E-state index contributed by atoms with van der Waals surface area (Å²) in [5, 5.41) is 0. The zero-order chi connectivity index (χ0) is 14.2. The molecule has 0 bridgehead atoms. The number of aryl methyl sites for hydroxylation is 1. The van der Waals surface area contributed by atoms with Crippen LogP contribution in [-0.2, 0) is 30.6 Å². The smallest absolute Gasteiger partial charge is 0.256 e. The number of benzene rings is 1. The maximum atomic E-state index is 12.2. The lowest BCUT2D eigenvalue weighted by molar-refractivity contribution is 0.107. The Morgan fingerprint density at radius 1 is 1.19 bits per heavy atom. The van der Waals surface area contributed by atoms with Crippen LogP contribution in [0.15, 0.2) is 29.1 Å². The van der Waals surface area contributed by atoms with E-state index in [9.17, 15) is 4.79 Å². The topological polar surface area (TPSA) is 55.0 Å². The van der Waals surface area contributed by atoms with E-state index in [2.05, 4.69) is 29.2 Å². The van der Waals surface area contributed by atoms with E-state index in [1.165, 1.54) is 11.1 Å². The van der Waals surface area contributed by atoms with Gasteiger partial charge in [0.25, 0.3) is 5.56 Å². The molecule has 0 spiro atoms. The van der Waals surface area contributed by atoms with Crippen LogP contribution in [0, 0.1) is 0 Å². The molecule has 1 aromatic heterocycles. The van der Waals surface area contributed by atoms with Crippen molar-refractivity contribution >= 4 is 0 Å². The first-order valence-corrected chi connectivity index (χ1v) is 7.58. The average molecular weight is 282 g/mol. The number of ether oxygens (including phenoxy) is 1. The highest BCUT2D eigenvalue weighted by Crippen LogP contribution is 2.30. The maximum Gasteiger partial charge on any atom is 0.256 e. The predicted octanol–water partition coefficient (Wildman–Crippen LogP) is 2.12. The van der Waals surface area contributed by atoms with Crippen LogP contribution in [0.3, 0.4) is 0 Å². The lowest BCUT2D eigenvalue weighted by atomic mass is 9.83. The number of hydrogen-bond donors (Lipinski definition) is 1. The van der Waals surface area contributed by atoms with E-state index in [4.69, 9.17) is 9.72 Å². The van der Waals surface area contributed by atoms with Gasteiger partial charge in [-0.15, -0.1) is 0 Å². The van der Waals surface area contributed by atoms with Crippen molar-refractivity contribution in [2.24, 2.45) is 0 Å². The fourth-order valence-corrected chi connectivity index (χ4v) is 3.39. The van der Waals surface area contributed by atoms with E-state index in [0.29, 0.717) is 24.7 Å². The first-order chi connectivity index (χ1) is 10.3. The summed E-state index contributed by atoms with van der Waals surface area (Å²) in [6, 6.07) is 8.57. The molecule has 1 atom stereocenters. The summed E-state index contributed by atoms with van der Waals surface area (Å²) in [6.45, 7) is 1.06. The molecule has 108 valence electrons. The Labute approximate surface area is 123 Å². The van der Waals surface area contributed by atoms with Gasteiger partial charge in [-0.3, -0.25) is 4.79 Å². The van der Waals surface area contributed by atoms with Gasteiger partial charge in [-0.05, 0) is 30.4 Å². The Hall–Kier alpha value is -1.94. The van der Waals surface area contributed by atoms with Gasteiger partial charge in [0, 0.05) is 12.3 Å². The van der Waals surface area contributed by atoms with Gasteiger partial charge in [0.1, 0.15) is 5.82 Å². The SMILES string of the molecule is O=c1[nH]c(C2CCc3ccccc3C2)nc2c1COCC2. The minimum absolute atomic E-state index is 0.0199. The number of H-pyrrole nitrogens is 1. The van der Waals surface area contributed by atoms with Crippen molar-refractivity contribution < 1.29 is 4.74 Å². The van der Waals surface area contributed by atoms with Crippen LogP contribution in [0.5, 0.6) is 0 Å². The van der Waals surface area contributed by atoms with Crippen LogP contribution in [0.4, 0.5) is 0 Å². The van der Waals surface area contributed by atoms with Crippen LogP contribution in [0.2, 0.25) is 0 Å². The summed E-state index contributed by atoms with van der Waals surface area (Å²) >= 11 is 0. The molecule has 4 nitrogen and oxygen atoms in total. The summed E-state index contributed by atoms with van der Waals surface area (Å²) in [4.78, 5) is 19.9. The first-order valence-electron chi connectivity index (χ1n) is 7.58. The van der Waals surface area contributed by atoms with Crippen molar-refractivity contribution in [2.75, 3.05) is 6.61 Å². The molecule has 0 radical (unpaired) electrons. The number of nitrogens with one attached hydrogen (secondary N) is 1. The molecule has 2 aromatic rings. The van der Waals surface area contributed by atoms with Crippen LogP contribution in [-0.4, -0.2) is 16.6 Å². The number of aromatic nitrogens is 2. The van der Waals surface area contributed by atoms with Gasteiger partial charge in [0.2, 0.25) is 0 Å². The third kappa shape index (κ3) is 2.29. The largest absolute Gasteiger partial charge is 0.376 e. The quantitative estimate of drug-likeness (QED) is 0.871. The van der Waals surface area contributed by atoms with Crippen molar-refractivity contribution in [1.29, 1.82) is 0 Å².